The molecule has 0 aliphatic rings. The molecule has 1 rings (SSSR count). The molecule has 0 unspecified atom stereocenters. The topological polar surface area (TPSA) is 37.8 Å². The molecule has 23 heavy (non-hydrogen) atoms. The van der Waals surface area contributed by atoms with E-state index in [1.807, 2.05) is 34.6 Å². The van der Waals surface area contributed by atoms with Crippen molar-refractivity contribution in [3.05, 3.63) is 62.0 Å². The van der Waals surface area contributed by atoms with E-state index in [1.165, 1.54) is 4.57 Å². The van der Waals surface area contributed by atoms with E-state index < -0.39 is 0 Å². The Balaban J connectivity index is 0. The maximum Gasteiger partial charge on any atom is 0.262 e. The molecule has 3 nitrogen and oxygen atoms in total. The molecule has 0 aliphatic carbocycles. The molecule has 0 fully saturated rings. The first-order valence-corrected chi connectivity index (χ1v) is 8.59. The summed E-state index contributed by atoms with van der Waals surface area (Å²) in [5.74, 6) is 0. The number of nitrogens with zero attached hydrogens (tertiary/aromatic N) is 1. The molecular weight excluding hydrogens is 324 g/mol. The summed E-state index contributed by atoms with van der Waals surface area (Å²) in [4.78, 5) is 15.4. The van der Waals surface area contributed by atoms with E-state index in [9.17, 15) is 4.79 Å². The van der Waals surface area contributed by atoms with Crippen LogP contribution in [0.4, 0.5) is 0 Å². The third kappa shape index (κ3) is 7.01. The molecule has 0 aromatic carbocycles. The summed E-state index contributed by atoms with van der Waals surface area (Å²) < 4.78 is 1.84. The van der Waals surface area contributed by atoms with Crippen LogP contribution in [0.15, 0.2) is 41.1 Å². The van der Waals surface area contributed by atoms with Crippen molar-refractivity contribution in [2.75, 3.05) is 0 Å². The van der Waals surface area contributed by atoms with Gasteiger partial charge >= 0.3 is 0 Å². The number of H-pyrrole nitrogens is 1. The lowest BCUT2D eigenvalue weighted by Gasteiger charge is -2.06. The van der Waals surface area contributed by atoms with Crippen molar-refractivity contribution in [2.24, 2.45) is 0 Å². The second-order valence-electron chi connectivity index (χ2n) is 3.75. The van der Waals surface area contributed by atoms with E-state index >= 15 is 0 Å². The standard InChI is InChI=1S/C14H16N2OS2.2C2H6/c1-4-7-11-12(6-3)15-14(19)16(13(11)17)8-10(5-2)9-18;2*1-2/h4-7,9,18H,1-2,8H2,3H3,(H,15,19);2*1-2H3/b10-9+,11-7+,12-6+;;. The summed E-state index contributed by atoms with van der Waals surface area (Å²) in [5, 5.41) is 2.83. The molecule has 0 atom stereocenters. The first-order valence-electron chi connectivity index (χ1n) is 7.67. The third-order valence-electron chi connectivity index (χ3n) is 2.59. The molecule has 0 bridgehead atoms. The lowest BCUT2D eigenvalue weighted by Crippen LogP contribution is -2.47. The van der Waals surface area contributed by atoms with Crippen molar-refractivity contribution in [1.82, 2.24) is 9.55 Å². The highest BCUT2D eigenvalue weighted by molar-refractivity contribution is 7.83. The third-order valence-corrected chi connectivity index (χ3v) is 3.25. The van der Waals surface area contributed by atoms with E-state index in [1.54, 1.807) is 29.7 Å². The molecule has 0 radical (unpaired) electrons. The van der Waals surface area contributed by atoms with Crippen LogP contribution in [0.3, 0.4) is 0 Å². The summed E-state index contributed by atoms with van der Waals surface area (Å²) >= 11 is 9.29. The highest BCUT2D eigenvalue weighted by Crippen LogP contribution is 2.00. The Kier molecular flexibility index (Phi) is 14.4. The number of thiol groups is 1. The first kappa shape index (κ1) is 23.7. The Morgan fingerprint density at radius 1 is 1.30 bits per heavy atom. The molecule has 1 N–H and O–H groups in total. The average Bonchev–Trinajstić information content (AvgIpc) is 2.61. The molecule has 0 saturated heterocycles. The smallest absolute Gasteiger partial charge is 0.262 e. The van der Waals surface area contributed by atoms with Crippen LogP contribution in [0.25, 0.3) is 12.2 Å². The molecule has 0 spiro atoms. The van der Waals surface area contributed by atoms with Gasteiger partial charge in [0.25, 0.3) is 5.56 Å². The van der Waals surface area contributed by atoms with Crippen LogP contribution in [-0.4, -0.2) is 9.55 Å². The van der Waals surface area contributed by atoms with Gasteiger partial charge in [-0.1, -0.05) is 59.1 Å². The van der Waals surface area contributed by atoms with Gasteiger partial charge in [0.15, 0.2) is 4.77 Å². The maximum atomic E-state index is 12.4. The molecule has 1 heterocycles. The summed E-state index contributed by atoms with van der Waals surface area (Å²) in [6.45, 7) is 17.5. The number of rotatable bonds is 4. The largest absolute Gasteiger partial charge is 0.332 e. The molecule has 1 aromatic rings. The van der Waals surface area contributed by atoms with Crippen LogP contribution < -0.4 is 16.1 Å². The number of hydrogen-bond donors (Lipinski definition) is 2. The number of aromatic nitrogens is 2. The Morgan fingerprint density at radius 3 is 2.26 bits per heavy atom. The molecule has 0 amide bonds. The van der Waals surface area contributed by atoms with Gasteiger partial charge in [0.1, 0.15) is 0 Å². The highest BCUT2D eigenvalue weighted by atomic mass is 32.1. The molecular formula is C18H28N2OS2. The second-order valence-corrected chi connectivity index (χ2v) is 4.39. The van der Waals surface area contributed by atoms with Crippen LogP contribution in [0.2, 0.25) is 0 Å². The summed E-state index contributed by atoms with van der Waals surface area (Å²) in [6, 6.07) is 0. The van der Waals surface area contributed by atoms with Crippen molar-refractivity contribution < 1.29 is 0 Å². The number of allylic oxidation sites excluding steroid dienone is 3. The number of hydrogen-bond acceptors (Lipinski definition) is 3. The normalized spacial score (nSPS) is 11.8. The average molecular weight is 353 g/mol. The van der Waals surface area contributed by atoms with Crippen LogP contribution in [-0.2, 0) is 6.54 Å². The SMILES string of the molecule is C=C/C=c1/c(=O)n(C/C(C=C)=C/S)c(=S)[nH]/c1=C/C.CC.CC. The van der Waals surface area contributed by atoms with Gasteiger partial charge in [-0.25, -0.2) is 0 Å². The van der Waals surface area contributed by atoms with E-state index in [0.29, 0.717) is 21.9 Å². The maximum absolute atomic E-state index is 12.4. The minimum absolute atomic E-state index is 0.161. The van der Waals surface area contributed by atoms with E-state index in [0.717, 1.165) is 5.57 Å². The number of aromatic amines is 1. The lowest BCUT2D eigenvalue weighted by atomic mass is 10.3. The van der Waals surface area contributed by atoms with Gasteiger partial charge in [-0.3, -0.25) is 9.36 Å². The first-order chi connectivity index (χ1) is 11.1. The highest BCUT2D eigenvalue weighted by Gasteiger charge is 2.03. The Morgan fingerprint density at radius 2 is 1.87 bits per heavy atom. The molecule has 0 saturated carbocycles. The van der Waals surface area contributed by atoms with Gasteiger partial charge in [-0.05, 0) is 36.2 Å². The number of nitrogens with one attached hydrogen (secondary N) is 1. The molecule has 1 aromatic heterocycles. The summed E-state index contributed by atoms with van der Waals surface area (Å²) in [6.07, 6.45) is 6.69. The minimum atomic E-state index is -0.161. The van der Waals surface area contributed by atoms with E-state index in [-0.39, 0.29) is 5.56 Å². The minimum Gasteiger partial charge on any atom is -0.332 e. The van der Waals surface area contributed by atoms with Gasteiger partial charge in [0.2, 0.25) is 0 Å². The van der Waals surface area contributed by atoms with Crippen molar-refractivity contribution in [3.63, 3.8) is 0 Å². The quantitative estimate of drug-likeness (QED) is 0.492. The molecule has 5 heteroatoms. The Labute approximate surface area is 149 Å². The summed E-state index contributed by atoms with van der Waals surface area (Å²) in [5.41, 5.74) is 0.647. The van der Waals surface area contributed by atoms with Crippen LogP contribution in [0.5, 0.6) is 0 Å². The zero-order valence-corrected chi connectivity index (χ0v) is 16.4. The fourth-order valence-electron chi connectivity index (χ4n) is 1.59. The zero-order valence-electron chi connectivity index (χ0n) is 14.7. The van der Waals surface area contributed by atoms with Gasteiger partial charge in [-0.2, -0.15) is 12.6 Å². The lowest BCUT2D eigenvalue weighted by molar-refractivity contribution is 0.709. The fourth-order valence-corrected chi connectivity index (χ4v) is 2.04. The van der Waals surface area contributed by atoms with E-state index in [2.05, 4.69) is 30.8 Å². The van der Waals surface area contributed by atoms with Crippen molar-refractivity contribution >= 4 is 37.0 Å². The van der Waals surface area contributed by atoms with Crippen molar-refractivity contribution in [1.29, 1.82) is 0 Å². The Bertz CT molecular complexity index is 753. The monoisotopic (exact) mass is 352 g/mol. The van der Waals surface area contributed by atoms with Crippen molar-refractivity contribution in [3.8, 4) is 0 Å². The van der Waals surface area contributed by atoms with Crippen LogP contribution >= 0.6 is 24.8 Å². The van der Waals surface area contributed by atoms with Gasteiger partial charge in [0.05, 0.1) is 11.8 Å². The van der Waals surface area contributed by atoms with Gasteiger partial charge < -0.3 is 4.98 Å². The van der Waals surface area contributed by atoms with Gasteiger partial charge in [0, 0.05) is 5.35 Å². The molecule has 128 valence electrons. The predicted molar refractivity (Wildman–Crippen MR) is 110 cm³/mol. The fraction of sp³-hybridized carbons (Fsp3) is 0.333. The van der Waals surface area contributed by atoms with Crippen molar-refractivity contribution in [2.45, 2.75) is 41.2 Å². The van der Waals surface area contributed by atoms with Gasteiger partial charge in [-0.15, -0.1) is 0 Å². The van der Waals surface area contributed by atoms with E-state index in [4.69, 9.17) is 12.2 Å². The van der Waals surface area contributed by atoms with Crippen LogP contribution in [0.1, 0.15) is 34.6 Å². The zero-order chi connectivity index (χ0) is 18.4. The summed E-state index contributed by atoms with van der Waals surface area (Å²) in [7, 11) is 0. The second kappa shape index (κ2) is 14.0. The van der Waals surface area contributed by atoms with Crippen LogP contribution in [0, 0.1) is 4.77 Å². The molecule has 0 aliphatic heterocycles. The Hall–Kier alpha value is -1.59. The predicted octanol–water partition coefficient (Wildman–Crippen LogP) is 3.72.